The number of carboxylic acids is 1. The Hall–Kier alpha value is -2.63. The predicted molar refractivity (Wildman–Crippen MR) is 122 cm³/mol. The monoisotopic (exact) mass is 468 g/mol. The Kier molecular flexibility index (Phi) is 11.7. The number of benzene rings is 1. The highest BCUT2D eigenvalue weighted by Crippen LogP contribution is 2.07. The van der Waals surface area contributed by atoms with Crippen molar-refractivity contribution in [1.82, 2.24) is 16.0 Å². The molecule has 0 aliphatic heterocycles. The van der Waals surface area contributed by atoms with Gasteiger partial charge in [-0.15, -0.1) is 0 Å². The van der Waals surface area contributed by atoms with Gasteiger partial charge in [-0.1, -0.05) is 30.3 Å². The number of thioether (sulfide) groups is 1. The van der Waals surface area contributed by atoms with Crippen LogP contribution in [-0.4, -0.2) is 76.2 Å². The van der Waals surface area contributed by atoms with Crippen molar-refractivity contribution in [2.75, 3.05) is 12.0 Å². The van der Waals surface area contributed by atoms with E-state index in [2.05, 4.69) is 16.0 Å². The summed E-state index contributed by atoms with van der Waals surface area (Å²) in [5, 5.41) is 26.7. The van der Waals surface area contributed by atoms with E-state index in [1.807, 2.05) is 6.26 Å². The van der Waals surface area contributed by atoms with Crippen molar-refractivity contribution >= 4 is 35.5 Å². The number of aliphatic carboxylic acids is 1. The van der Waals surface area contributed by atoms with Crippen molar-refractivity contribution in [3.05, 3.63) is 35.9 Å². The van der Waals surface area contributed by atoms with Crippen molar-refractivity contribution in [3.8, 4) is 0 Å². The number of carbonyl (C=O) groups is 4. The zero-order chi connectivity index (χ0) is 24.3. The van der Waals surface area contributed by atoms with E-state index in [0.29, 0.717) is 5.75 Å². The highest BCUT2D eigenvalue weighted by atomic mass is 32.2. The molecule has 0 heterocycles. The van der Waals surface area contributed by atoms with Crippen molar-refractivity contribution < 1.29 is 29.4 Å². The van der Waals surface area contributed by atoms with Crippen molar-refractivity contribution in [3.63, 3.8) is 0 Å². The van der Waals surface area contributed by atoms with Crippen LogP contribution in [0.5, 0.6) is 0 Å². The molecule has 5 atom stereocenters. The summed E-state index contributed by atoms with van der Waals surface area (Å²) >= 11 is 1.45. The van der Waals surface area contributed by atoms with Crippen LogP contribution in [0.1, 0.15) is 25.8 Å². The summed E-state index contributed by atoms with van der Waals surface area (Å²) in [7, 11) is 0. The van der Waals surface area contributed by atoms with Gasteiger partial charge in [0.05, 0.1) is 12.1 Å². The van der Waals surface area contributed by atoms with Gasteiger partial charge in [0.15, 0.2) is 0 Å². The van der Waals surface area contributed by atoms with E-state index >= 15 is 0 Å². The highest BCUT2D eigenvalue weighted by Gasteiger charge is 2.32. The lowest BCUT2D eigenvalue weighted by molar-refractivity contribution is -0.142. The lowest BCUT2D eigenvalue weighted by Crippen LogP contribution is -2.60. The molecule has 0 aromatic heterocycles. The summed E-state index contributed by atoms with van der Waals surface area (Å²) in [5.41, 5.74) is 6.25. The number of nitrogens with two attached hydrogens (primary N) is 1. The molecular weight excluding hydrogens is 436 g/mol. The summed E-state index contributed by atoms with van der Waals surface area (Å²) in [5.74, 6) is -2.76. The molecule has 1 rings (SSSR count). The first-order chi connectivity index (χ1) is 15.1. The first-order valence-electron chi connectivity index (χ1n) is 10.2. The van der Waals surface area contributed by atoms with Crippen LogP contribution in [0.2, 0.25) is 0 Å². The molecule has 0 radical (unpaired) electrons. The fourth-order valence-electron chi connectivity index (χ4n) is 2.78. The van der Waals surface area contributed by atoms with Gasteiger partial charge in [0, 0.05) is 6.42 Å². The second-order valence-corrected chi connectivity index (χ2v) is 8.43. The van der Waals surface area contributed by atoms with Gasteiger partial charge in [-0.2, -0.15) is 11.8 Å². The van der Waals surface area contributed by atoms with Crippen molar-refractivity contribution in [2.24, 2.45) is 5.73 Å². The first kappa shape index (κ1) is 27.4. The molecule has 1 aromatic carbocycles. The lowest BCUT2D eigenvalue weighted by Gasteiger charge is -2.26. The summed E-state index contributed by atoms with van der Waals surface area (Å²) in [6.07, 6.45) is 0.869. The summed E-state index contributed by atoms with van der Waals surface area (Å²) in [6, 6.07) is 4.37. The molecule has 0 aliphatic rings. The second-order valence-electron chi connectivity index (χ2n) is 7.45. The second kappa shape index (κ2) is 13.7. The molecule has 3 amide bonds. The number of hydrogen-bond donors (Lipinski definition) is 6. The number of amides is 3. The van der Waals surface area contributed by atoms with Crippen LogP contribution in [0.15, 0.2) is 30.3 Å². The number of rotatable bonds is 13. The van der Waals surface area contributed by atoms with Crippen LogP contribution < -0.4 is 21.7 Å². The van der Waals surface area contributed by atoms with Crippen molar-refractivity contribution in [1.29, 1.82) is 0 Å². The minimum Gasteiger partial charge on any atom is -0.480 e. The molecule has 11 heteroatoms. The SMILES string of the molecule is CSCCC(NC(=O)C(Cc1ccccc1)NC(=O)C(NC(=O)C(C)N)C(C)O)C(=O)O. The van der Waals surface area contributed by atoms with Gasteiger partial charge in [-0.05, 0) is 37.8 Å². The Bertz CT molecular complexity index is 775. The maximum atomic E-state index is 12.9. The van der Waals surface area contributed by atoms with Gasteiger partial charge >= 0.3 is 5.97 Å². The van der Waals surface area contributed by atoms with Crippen LogP contribution in [0, 0.1) is 0 Å². The summed E-state index contributed by atoms with van der Waals surface area (Å²) in [4.78, 5) is 49.2. The summed E-state index contributed by atoms with van der Waals surface area (Å²) in [6.45, 7) is 2.75. The smallest absolute Gasteiger partial charge is 0.326 e. The molecule has 7 N–H and O–H groups in total. The average molecular weight is 469 g/mol. The molecule has 5 unspecified atom stereocenters. The summed E-state index contributed by atoms with van der Waals surface area (Å²) < 4.78 is 0. The van der Waals surface area contributed by atoms with Crippen molar-refractivity contribution in [2.45, 2.75) is 57.0 Å². The number of carboxylic acid groups (broad SMARTS) is 1. The third kappa shape index (κ3) is 9.25. The van der Waals surface area contributed by atoms with E-state index < -0.39 is 54.0 Å². The highest BCUT2D eigenvalue weighted by molar-refractivity contribution is 7.98. The Morgan fingerprint density at radius 3 is 2.06 bits per heavy atom. The van der Waals surface area contributed by atoms with Crippen LogP contribution in [-0.2, 0) is 25.6 Å². The molecule has 0 bridgehead atoms. The average Bonchev–Trinajstić information content (AvgIpc) is 2.74. The van der Waals surface area contributed by atoms with E-state index in [1.165, 1.54) is 25.6 Å². The first-order valence-corrected chi connectivity index (χ1v) is 11.6. The normalized spacial score (nSPS) is 15.5. The molecule has 0 saturated heterocycles. The van der Waals surface area contributed by atoms with Crippen LogP contribution in [0.4, 0.5) is 0 Å². The Morgan fingerprint density at radius 1 is 0.969 bits per heavy atom. The van der Waals surface area contributed by atoms with E-state index in [-0.39, 0.29) is 12.8 Å². The number of hydrogen-bond acceptors (Lipinski definition) is 7. The molecule has 178 valence electrons. The Morgan fingerprint density at radius 2 is 1.56 bits per heavy atom. The fourth-order valence-corrected chi connectivity index (χ4v) is 3.25. The third-order valence-corrected chi connectivity index (χ3v) is 5.26. The minimum absolute atomic E-state index is 0.0844. The standard InChI is InChI=1S/C21H32N4O6S/c1-12(22)18(27)25-17(13(2)26)20(29)24-16(11-14-7-5-4-6-8-14)19(28)23-15(21(30)31)9-10-32-3/h4-8,12-13,15-17,26H,9-11,22H2,1-3H3,(H,23,28)(H,24,29)(H,25,27)(H,30,31). The quantitative estimate of drug-likeness (QED) is 0.219. The molecule has 0 fully saturated rings. The zero-order valence-electron chi connectivity index (χ0n) is 18.4. The van der Waals surface area contributed by atoms with Gasteiger partial charge in [0.1, 0.15) is 18.1 Å². The fraction of sp³-hybridized carbons (Fsp3) is 0.524. The number of carbonyl (C=O) groups excluding carboxylic acids is 3. The lowest BCUT2D eigenvalue weighted by atomic mass is 10.0. The van der Waals surface area contributed by atoms with Gasteiger partial charge in [-0.25, -0.2) is 4.79 Å². The van der Waals surface area contributed by atoms with E-state index in [4.69, 9.17) is 5.73 Å². The topological polar surface area (TPSA) is 171 Å². The molecule has 1 aromatic rings. The Labute approximate surface area is 191 Å². The van der Waals surface area contributed by atoms with Gasteiger partial charge in [-0.3, -0.25) is 14.4 Å². The number of aliphatic hydroxyl groups excluding tert-OH is 1. The number of nitrogens with one attached hydrogen (secondary N) is 3. The third-order valence-electron chi connectivity index (χ3n) is 4.62. The van der Waals surface area contributed by atoms with Crippen LogP contribution in [0.25, 0.3) is 0 Å². The molecule has 10 nitrogen and oxygen atoms in total. The van der Waals surface area contributed by atoms with E-state index in [0.717, 1.165) is 5.56 Å². The zero-order valence-corrected chi connectivity index (χ0v) is 19.2. The number of aliphatic hydroxyl groups is 1. The van der Waals surface area contributed by atoms with Gasteiger partial charge in [0.25, 0.3) is 0 Å². The van der Waals surface area contributed by atoms with Gasteiger partial charge < -0.3 is 31.9 Å². The van der Waals surface area contributed by atoms with Gasteiger partial charge in [0.2, 0.25) is 17.7 Å². The molecular formula is C21H32N4O6S. The van der Waals surface area contributed by atoms with Crippen LogP contribution in [0.3, 0.4) is 0 Å². The molecule has 0 saturated carbocycles. The minimum atomic E-state index is -1.34. The molecule has 0 aliphatic carbocycles. The van der Waals surface area contributed by atoms with E-state index in [1.54, 1.807) is 30.3 Å². The largest absolute Gasteiger partial charge is 0.480 e. The predicted octanol–water partition coefficient (Wildman–Crippen LogP) is -0.751. The maximum Gasteiger partial charge on any atom is 0.326 e. The maximum absolute atomic E-state index is 12.9. The van der Waals surface area contributed by atoms with E-state index in [9.17, 15) is 29.4 Å². The Balaban J connectivity index is 3.06. The molecule has 32 heavy (non-hydrogen) atoms. The molecule has 0 spiro atoms. The van der Waals surface area contributed by atoms with Crippen LogP contribution >= 0.6 is 11.8 Å².